The Balaban J connectivity index is 2.26. The number of aryl methyl sites for hydroxylation is 1. The van der Waals surface area contributed by atoms with E-state index in [2.05, 4.69) is 5.32 Å². The number of methoxy groups -OCH3 is 1. The summed E-state index contributed by atoms with van der Waals surface area (Å²) in [7, 11) is -2.81. The van der Waals surface area contributed by atoms with Crippen molar-refractivity contribution in [2.75, 3.05) is 25.5 Å². The van der Waals surface area contributed by atoms with Crippen LogP contribution in [0.3, 0.4) is 0 Å². The molecule has 0 bridgehead atoms. The highest BCUT2D eigenvalue weighted by atomic mass is 32.2. The SMILES string of the molecule is CCN(CC(=O)Nc1ccccc1C)S(=O)(=O)c1cc(F)ccc1OC. The first-order valence-electron chi connectivity index (χ1n) is 7.98. The number of rotatable bonds is 7. The third-order valence-electron chi connectivity index (χ3n) is 3.84. The van der Waals surface area contributed by atoms with E-state index in [1.165, 1.54) is 13.2 Å². The Kier molecular flexibility index (Phi) is 6.33. The molecule has 6 nitrogen and oxygen atoms in total. The Hall–Kier alpha value is -2.45. The van der Waals surface area contributed by atoms with Gasteiger partial charge >= 0.3 is 0 Å². The molecule has 140 valence electrons. The van der Waals surface area contributed by atoms with Crippen LogP contribution in [0.25, 0.3) is 0 Å². The van der Waals surface area contributed by atoms with E-state index in [9.17, 15) is 17.6 Å². The number of nitrogens with zero attached hydrogens (tertiary/aromatic N) is 1. The Bertz CT molecular complexity index is 900. The highest BCUT2D eigenvalue weighted by Crippen LogP contribution is 2.27. The minimum absolute atomic E-state index is 0.0177. The van der Waals surface area contributed by atoms with Gasteiger partial charge in [0, 0.05) is 12.2 Å². The van der Waals surface area contributed by atoms with Crippen LogP contribution in [0, 0.1) is 12.7 Å². The lowest BCUT2D eigenvalue weighted by atomic mass is 10.2. The predicted molar refractivity (Wildman–Crippen MR) is 97.2 cm³/mol. The number of carbonyl (C=O) groups is 1. The molecule has 0 atom stereocenters. The molecular weight excluding hydrogens is 359 g/mol. The monoisotopic (exact) mass is 380 g/mol. The second-order valence-electron chi connectivity index (χ2n) is 5.59. The van der Waals surface area contributed by atoms with E-state index in [0.29, 0.717) is 5.69 Å². The average molecular weight is 380 g/mol. The zero-order chi connectivity index (χ0) is 19.3. The summed E-state index contributed by atoms with van der Waals surface area (Å²) in [6.07, 6.45) is 0. The number of sulfonamides is 1. The van der Waals surface area contributed by atoms with Gasteiger partial charge in [-0.1, -0.05) is 25.1 Å². The van der Waals surface area contributed by atoms with Gasteiger partial charge in [-0.25, -0.2) is 12.8 Å². The van der Waals surface area contributed by atoms with Crippen molar-refractivity contribution < 1.29 is 22.3 Å². The first-order chi connectivity index (χ1) is 12.3. The Labute approximate surface area is 152 Å². The van der Waals surface area contributed by atoms with E-state index in [1.807, 2.05) is 19.1 Å². The lowest BCUT2D eigenvalue weighted by Crippen LogP contribution is -2.38. The van der Waals surface area contributed by atoms with Crippen molar-refractivity contribution in [1.82, 2.24) is 4.31 Å². The Morgan fingerprint density at radius 1 is 1.23 bits per heavy atom. The molecule has 0 radical (unpaired) electrons. The van der Waals surface area contributed by atoms with Crippen LogP contribution in [-0.2, 0) is 14.8 Å². The molecule has 0 saturated carbocycles. The quantitative estimate of drug-likeness (QED) is 0.801. The number of ether oxygens (including phenoxy) is 1. The van der Waals surface area contributed by atoms with Gasteiger partial charge in [0.2, 0.25) is 15.9 Å². The fraction of sp³-hybridized carbons (Fsp3) is 0.278. The molecule has 0 aromatic heterocycles. The summed E-state index contributed by atoms with van der Waals surface area (Å²) in [5.74, 6) is -1.17. The summed E-state index contributed by atoms with van der Waals surface area (Å²) in [4.78, 5) is 12.0. The van der Waals surface area contributed by atoms with Gasteiger partial charge in [0.25, 0.3) is 0 Å². The number of para-hydroxylation sites is 1. The van der Waals surface area contributed by atoms with E-state index in [0.717, 1.165) is 22.0 Å². The summed E-state index contributed by atoms with van der Waals surface area (Å²) in [5, 5.41) is 2.69. The third-order valence-corrected chi connectivity index (χ3v) is 5.78. The van der Waals surface area contributed by atoms with E-state index < -0.39 is 28.3 Å². The normalized spacial score (nSPS) is 11.4. The predicted octanol–water partition coefficient (Wildman–Crippen LogP) is 2.79. The minimum atomic E-state index is -4.11. The van der Waals surface area contributed by atoms with Crippen LogP contribution in [0.15, 0.2) is 47.4 Å². The van der Waals surface area contributed by atoms with E-state index in [4.69, 9.17) is 4.74 Å². The molecule has 0 fully saturated rings. The smallest absolute Gasteiger partial charge is 0.247 e. The van der Waals surface area contributed by atoms with Gasteiger partial charge in [-0.2, -0.15) is 4.31 Å². The molecule has 26 heavy (non-hydrogen) atoms. The third kappa shape index (κ3) is 4.39. The lowest BCUT2D eigenvalue weighted by molar-refractivity contribution is -0.116. The molecule has 2 aromatic carbocycles. The summed E-state index contributed by atoms with van der Waals surface area (Å²) in [6, 6.07) is 10.4. The molecule has 1 N–H and O–H groups in total. The molecule has 0 aliphatic carbocycles. The fourth-order valence-electron chi connectivity index (χ4n) is 2.42. The van der Waals surface area contributed by atoms with Crippen LogP contribution in [0.5, 0.6) is 5.75 Å². The molecule has 2 aromatic rings. The van der Waals surface area contributed by atoms with Gasteiger partial charge in [0.05, 0.1) is 13.7 Å². The van der Waals surface area contributed by atoms with Crippen molar-refractivity contribution >= 4 is 21.6 Å². The summed E-state index contributed by atoms with van der Waals surface area (Å²) in [5.41, 5.74) is 1.47. The molecule has 0 aliphatic rings. The number of benzene rings is 2. The molecule has 0 spiro atoms. The first kappa shape index (κ1) is 19.9. The van der Waals surface area contributed by atoms with Gasteiger partial charge in [0.1, 0.15) is 16.5 Å². The Morgan fingerprint density at radius 3 is 2.54 bits per heavy atom. The van der Waals surface area contributed by atoms with Gasteiger partial charge in [-0.3, -0.25) is 4.79 Å². The number of nitrogens with one attached hydrogen (secondary N) is 1. The topological polar surface area (TPSA) is 75.7 Å². The maximum atomic E-state index is 13.6. The zero-order valence-corrected chi connectivity index (χ0v) is 15.6. The second-order valence-corrected chi connectivity index (χ2v) is 7.50. The molecule has 0 unspecified atom stereocenters. The van der Waals surface area contributed by atoms with Crippen molar-refractivity contribution in [3.8, 4) is 5.75 Å². The fourth-order valence-corrected chi connectivity index (χ4v) is 3.99. The Morgan fingerprint density at radius 2 is 1.92 bits per heavy atom. The maximum absolute atomic E-state index is 13.6. The van der Waals surface area contributed by atoms with E-state index in [1.54, 1.807) is 19.1 Å². The summed E-state index contributed by atoms with van der Waals surface area (Å²) < 4.78 is 45.3. The van der Waals surface area contributed by atoms with Gasteiger partial charge < -0.3 is 10.1 Å². The van der Waals surface area contributed by atoms with Crippen molar-refractivity contribution in [2.24, 2.45) is 0 Å². The number of likely N-dealkylation sites (N-methyl/N-ethyl adjacent to an activating group) is 1. The molecule has 0 heterocycles. The highest BCUT2D eigenvalue weighted by Gasteiger charge is 2.29. The standard InChI is InChI=1S/C18H21FN2O4S/c1-4-21(12-18(22)20-15-8-6-5-7-13(15)2)26(23,24)17-11-14(19)9-10-16(17)25-3/h5-11H,4,12H2,1-3H3,(H,20,22). The number of amides is 1. The van der Waals surface area contributed by atoms with Gasteiger partial charge in [-0.15, -0.1) is 0 Å². The van der Waals surface area contributed by atoms with E-state index in [-0.39, 0.29) is 17.2 Å². The lowest BCUT2D eigenvalue weighted by Gasteiger charge is -2.21. The van der Waals surface area contributed by atoms with Crippen molar-refractivity contribution in [3.63, 3.8) is 0 Å². The number of anilines is 1. The average Bonchev–Trinajstić information content (AvgIpc) is 2.61. The van der Waals surface area contributed by atoms with Crippen LogP contribution < -0.4 is 10.1 Å². The van der Waals surface area contributed by atoms with Crippen LogP contribution in [0.4, 0.5) is 10.1 Å². The first-order valence-corrected chi connectivity index (χ1v) is 9.42. The molecule has 1 amide bonds. The number of halogens is 1. The minimum Gasteiger partial charge on any atom is -0.495 e. The van der Waals surface area contributed by atoms with Crippen molar-refractivity contribution in [3.05, 3.63) is 53.8 Å². The molecule has 0 saturated heterocycles. The highest BCUT2D eigenvalue weighted by molar-refractivity contribution is 7.89. The van der Waals surface area contributed by atoms with E-state index >= 15 is 0 Å². The number of hydrogen-bond donors (Lipinski definition) is 1. The number of hydrogen-bond acceptors (Lipinski definition) is 4. The number of carbonyl (C=O) groups excluding carboxylic acids is 1. The molecule has 2 rings (SSSR count). The van der Waals surface area contributed by atoms with Gasteiger partial charge in [0.15, 0.2) is 0 Å². The van der Waals surface area contributed by atoms with Crippen molar-refractivity contribution in [1.29, 1.82) is 0 Å². The summed E-state index contributed by atoms with van der Waals surface area (Å²) >= 11 is 0. The maximum Gasteiger partial charge on any atom is 0.247 e. The molecule has 8 heteroatoms. The largest absolute Gasteiger partial charge is 0.495 e. The molecule has 0 aliphatic heterocycles. The van der Waals surface area contributed by atoms with Crippen LogP contribution in [0.2, 0.25) is 0 Å². The van der Waals surface area contributed by atoms with Crippen LogP contribution in [-0.4, -0.2) is 38.8 Å². The summed E-state index contributed by atoms with van der Waals surface area (Å²) in [6.45, 7) is 3.09. The van der Waals surface area contributed by atoms with Crippen molar-refractivity contribution in [2.45, 2.75) is 18.7 Å². The van der Waals surface area contributed by atoms with Crippen LogP contribution >= 0.6 is 0 Å². The molecular formula is C18H21FN2O4S. The second kappa shape index (κ2) is 8.29. The van der Waals surface area contributed by atoms with Crippen LogP contribution in [0.1, 0.15) is 12.5 Å². The zero-order valence-electron chi connectivity index (χ0n) is 14.8. The van der Waals surface area contributed by atoms with Gasteiger partial charge in [-0.05, 0) is 36.8 Å².